The summed E-state index contributed by atoms with van der Waals surface area (Å²) in [4.78, 5) is 56.1. The van der Waals surface area contributed by atoms with E-state index in [-0.39, 0.29) is 43.3 Å². The van der Waals surface area contributed by atoms with Gasteiger partial charge in [0.15, 0.2) is 5.60 Å². The highest BCUT2D eigenvalue weighted by molar-refractivity contribution is 6.09. The van der Waals surface area contributed by atoms with Crippen LogP contribution < -0.4 is 27.0 Å². The first kappa shape index (κ1) is 35.8. The van der Waals surface area contributed by atoms with Crippen LogP contribution in [-0.2, 0) is 21.7 Å². The van der Waals surface area contributed by atoms with Gasteiger partial charge in [0.2, 0.25) is 5.91 Å². The van der Waals surface area contributed by atoms with Crippen molar-refractivity contribution in [3.63, 3.8) is 0 Å². The van der Waals surface area contributed by atoms with E-state index in [0.717, 1.165) is 18.4 Å². The fourth-order valence-corrected chi connectivity index (χ4v) is 6.72. The topological polar surface area (TPSA) is 191 Å². The lowest BCUT2D eigenvalue weighted by molar-refractivity contribution is -0.139. The molecule has 4 aromatic carbocycles. The maximum atomic E-state index is 14.3. The van der Waals surface area contributed by atoms with Gasteiger partial charge in [0, 0.05) is 58.3 Å². The molecule has 8 N–H and O–H groups in total. The van der Waals surface area contributed by atoms with E-state index in [9.17, 15) is 29.4 Å². The summed E-state index contributed by atoms with van der Waals surface area (Å²) in [6, 6.07) is 24.8. The number of rotatable bonds is 11. The number of amides is 4. The molecule has 1 fully saturated rings. The van der Waals surface area contributed by atoms with Crippen LogP contribution >= 0.6 is 0 Å². The van der Waals surface area contributed by atoms with Crippen LogP contribution in [0.25, 0.3) is 0 Å². The van der Waals surface area contributed by atoms with Gasteiger partial charge in [0.1, 0.15) is 0 Å². The van der Waals surface area contributed by atoms with E-state index >= 15 is 0 Å². The molecule has 6 rings (SSSR count). The molecule has 4 amide bonds. The molecule has 0 unspecified atom stereocenters. The average molecular weight is 703 g/mol. The Morgan fingerprint density at radius 2 is 1.46 bits per heavy atom. The van der Waals surface area contributed by atoms with E-state index in [1.165, 1.54) is 4.90 Å². The Balaban J connectivity index is 1.24. The molecule has 0 radical (unpaired) electrons. The predicted molar refractivity (Wildman–Crippen MR) is 200 cm³/mol. The first-order valence-electron chi connectivity index (χ1n) is 17.2. The van der Waals surface area contributed by atoms with E-state index in [4.69, 9.17) is 11.5 Å². The summed E-state index contributed by atoms with van der Waals surface area (Å²) in [6.45, 7) is 2.31. The molecule has 0 spiro atoms. The minimum Gasteiger partial charge on any atom is -0.399 e. The van der Waals surface area contributed by atoms with Gasteiger partial charge in [-0.1, -0.05) is 31.2 Å². The van der Waals surface area contributed by atoms with Gasteiger partial charge >= 0.3 is 0 Å². The zero-order valence-corrected chi connectivity index (χ0v) is 28.8. The zero-order valence-electron chi connectivity index (χ0n) is 28.8. The standard InChI is InChI=1S/C40H42N6O6/c1-25(4-2-6-36(48)45-21-3-5-33(45)24-47)40(52)34-22-32(44-38(50)28-11-15-30(42)16-12-28)19-20-35(34)46(39(40)51)23-26-7-17-31(18-8-26)43-37(49)27-9-13-29(41)14-10-27/h2,4,7-20,22,25,33,47,52H,3,5-6,21,23-24,41-42H2,1H3,(H,43,49)(H,44,50)/b4-2+/t25-,33+,40+/m1/s1. The number of aliphatic hydroxyl groups excluding tert-OH is 1. The molecule has 12 heteroatoms. The first-order valence-corrected chi connectivity index (χ1v) is 17.2. The fraction of sp³-hybridized carbons (Fsp3) is 0.250. The van der Waals surface area contributed by atoms with Crippen molar-refractivity contribution >= 4 is 52.1 Å². The predicted octanol–water partition coefficient (Wildman–Crippen LogP) is 4.66. The van der Waals surface area contributed by atoms with Crippen molar-refractivity contribution in [2.24, 2.45) is 5.92 Å². The second-order valence-corrected chi connectivity index (χ2v) is 13.2. The quantitative estimate of drug-likeness (QED) is 0.0961. The molecule has 0 aliphatic carbocycles. The highest BCUT2D eigenvalue weighted by atomic mass is 16.3. The number of nitrogen functional groups attached to an aromatic ring is 2. The Morgan fingerprint density at radius 1 is 0.885 bits per heavy atom. The van der Waals surface area contributed by atoms with Crippen LogP contribution in [0.3, 0.4) is 0 Å². The van der Waals surface area contributed by atoms with Crippen LogP contribution in [0, 0.1) is 5.92 Å². The minimum atomic E-state index is -2.02. The van der Waals surface area contributed by atoms with Crippen LogP contribution in [-0.4, -0.2) is 57.9 Å². The highest BCUT2D eigenvalue weighted by Gasteiger charge is 2.52. The monoisotopic (exact) mass is 702 g/mol. The maximum absolute atomic E-state index is 14.3. The van der Waals surface area contributed by atoms with Crippen molar-refractivity contribution in [2.75, 3.05) is 40.2 Å². The molecular weight excluding hydrogens is 660 g/mol. The Hall–Kier alpha value is -5.98. The molecule has 0 bridgehead atoms. The summed E-state index contributed by atoms with van der Waals surface area (Å²) >= 11 is 0. The number of carbonyl (C=O) groups is 4. The smallest absolute Gasteiger partial charge is 0.264 e. The number of hydrogen-bond acceptors (Lipinski definition) is 8. The van der Waals surface area contributed by atoms with E-state index in [1.807, 2.05) is 0 Å². The van der Waals surface area contributed by atoms with Crippen LogP contribution in [0.1, 0.15) is 58.0 Å². The van der Waals surface area contributed by atoms with E-state index < -0.39 is 17.4 Å². The molecular formula is C40H42N6O6. The Morgan fingerprint density at radius 3 is 2.06 bits per heavy atom. The number of benzene rings is 4. The molecule has 1 saturated heterocycles. The molecule has 268 valence electrons. The number of carbonyl (C=O) groups excluding carboxylic acids is 4. The summed E-state index contributed by atoms with van der Waals surface area (Å²) in [7, 11) is 0. The Labute approximate surface area is 301 Å². The van der Waals surface area contributed by atoms with Crippen molar-refractivity contribution in [3.05, 3.63) is 125 Å². The maximum Gasteiger partial charge on any atom is 0.264 e. The van der Waals surface area contributed by atoms with Crippen LogP contribution in [0.4, 0.5) is 28.4 Å². The lowest BCUT2D eigenvalue weighted by atomic mass is 9.82. The molecule has 3 atom stereocenters. The number of fused-ring (bicyclic) bond motifs is 1. The average Bonchev–Trinajstić information content (AvgIpc) is 3.71. The second kappa shape index (κ2) is 15.1. The van der Waals surface area contributed by atoms with Gasteiger partial charge in [-0.05, 0) is 97.3 Å². The number of nitrogens with two attached hydrogens (primary N) is 2. The summed E-state index contributed by atoms with van der Waals surface area (Å²) in [5.74, 6) is -2.14. The molecule has 4 aromatic rings. The molecule has 12 nitrogen and oxygen atoms in total. The van der Waals surface area contributed by atoms with Gasteiger partial charge < -0.3 is 42.1 Å². The third kappa shape index (κ3) is 7.39. The first-order chi connectivity index (χ1) is 25.0. The number of aliphatic hydroxyl groups is 2. The Bertz CT molecular complexity index is 2000. The molecule has 2 aliphatic rings. The number of likely N-dealkylation sites (tertiary alicyclic amines) is 1. The largest absolute Gasteiger partial charge is 0.399 e. The minimum absolute atomic E-state index is 0.0561. The summed E-state index contributed by atoms with van der Waals surface area (Å²) < 4.78 is 0. The summed E-state index contributed by atoms with van der Waals surface area (Å²) in [5, 5.41) is 27.6. The van der Waals surface area contributed by atoms with E-state index in [0.29, 0.717) is 51.7 Å². The van der Waals surface area contributed by atoms with Crippen LogP contribution in [0.15, 0.2) is 103 Å². The Kier molecular flexibility index (Phi) is 10.4. The van der Waals surface area contributed by atoms with Crippen molar-refractivity contribution in [1.82, 2.24) is 4.90 Å². The van der Waals surface area contributed by atoms with Crippen molar-refractivity contribution in [1.29, 1.82) is 0 Å². The summed E-state index contributed by atoms with van der Waals surface area (Å²) in [5.41, 5.74) is 13.9. The molecule has 0 aromatic heterocycles. The van der Waals surface area contributed by atoms with E-state index in [1.54, 1.807) is 115 Å². The van der Waals surface area contributed by atoms with E-state index in [2.05, 4.69) is 10.6 Å². The van der Waals surface area contributed by atoms with Gasteiger partial charge in [0.25, 0.3) is 17.7 Å². The third-order valence-corrected chi connectivity index (χ3v) is 9.71. The van der Waals surface area contributed by atoms with Crippen molar-refractivity contribution in [3.8, 4) is 0 Å². The number of nitrogens with zero attached hydrogens (tertiary/aromatic N) is 2. The summed E-state index contributed by atoms with van der Waals surface area (Å²) in [6.07, 6.45) is 4.95. The normalized spacial score (nSPS) is 18.8. The molecule has 0 saturated carbocycles. The van der Waals surface area contributed by atoms with Crippen LogP contribution in [0.5, 0.6) is 0 Å². The number of anilines is 5. The van der Waals surface area contributed by atoms with Crippen LogP contribution in [0.2, 0.25) is 0 Å². The second-order valence-electron chi connectivity index (χ2n) is 13.2. The lowest BCUT2D eigenvalue weighted by Gasteiger charge is -2.28. The van der Waals surface area contributed by atoms with Crippen molar-refractivity contribution in [2.45, 2.75) is 44.4 Å². The van der Waals surface area contributed by atoms with Gasteiger partial charge in [-0.25, -0.2) is 0 Å². The fourth-order valence-electron chi connectivity index (χ4n) is 6.72. The molecule has 52 heavy (non-hydrogen) atoms. The molecule has 2 aliphatic heterocycles. The highest BCUT2D eigenvalue weighted by Crippen LogP contribution is 2.47. The number of hydrogen-bond donors (Lipinski definition) is 6. The van der Waals surface area contributed by atoms with Gasteiger partial charge in [-0.2, -0.15) is 0 Å². The lowest BCUT2D eigenvalue weighted by Crippen LogP contribution is -2.44. The van der Waals surface area contributed by atoms with Gasteiger partial charge in [-0.15, -0.1) is 0 Å². The third-order valence-electron chi connectivity index (χ3n) is 9.71. The number of nitrogens with one attached hydrogen (secondary N) is 2. The van der Waals surface area contributed by atoms with Gasteiger partial charge in [0.05, 0.1) is 24.9 Å². The van der Waals surface area contributed by atoms with Crippen molar-refractivity contribution < 1.29 is 29.4 Å². The zero-order chi connectivity index (χ0) is 37.0. The molecule has 2 heterocycles. The SMILES string of the molecule is C[C@H](/C=C/CC(=O)N1CCC[C@H]1CO)[C@@]1(O)C(=O)N(Cc2ccc(NC(=O)c3ccc(N)cc3)cc2)c2ccc(NC(=O)c3ccc(N)cc3)cc21. The van der Waals surface area contributed by atoms with Gasteiger partial charge in [-0.3, -0.25) is 19.2 Å².